The van der Waals surface area contributed by atoms with Gasteiger partial charge in [0.25, 0.3) is 0 Å². The van der Waals surface area contributed by atoms with Gasteiger partial charge in [-0.25, -0.2) is 0 Å². The molecule has 1 aromatic heterocycles. The molecular formula is C10H17N3O. The van der Waals surface area contributed by atoms with E-state index in [0.717, 1.165) is 32.0 Å². The van der Waals surface area contributed by atoms with Crippen LogP contribution in [0.5, 0.6) is 5.75 Å². The Morgan fingerprint density at radius 3 is 3.29 bits per heavy atom. The largest absolute Gasteiger partial charge is 0.490 e. The van der Waals surface area contributed by atoms with Gasteiger partial charge in [0, 0.05) is 19.0 Å². The Hall–Kier alpha value is -1.03. The Bertz CT molecular complexity index is 279. The van der Waals surface area contributed by atoms with Crippen LogP contribution in [0.25, 0.3) is 0 Å². The first-order valence-electron chi connectivity index (χ1n) is 5.24. The lowest BCUT2D eigenvalue weighted by atomic mass is 10.1. The zero-order valence-electron chi connectivity index (χ0n) is 8.57. The lowest BCUT2D eigenvalue weighted by Gasteiger charge is -2.08. The summed E-state index contributed by atoms with van der Waals surface area (Å²) in [5.74, 6) is 1.55. The molecule has 0 radical (unpaired) electrons. The summed E-state index contributed by atoms with van der Waals surface area (Å²) in [5.41, 5.74) is 0. The van der Waals surface area contributed by atoms with Crippen molar-refractivity contribution in [2.75, 3.05) is 19.7 Å². The fourth-order valence-corrected chi connectivity index (χ4v) is 1.66. The lowest BCUT2D eigenvalue weighted by molar-refractivity contribution is 0.260. The summed E-state index contributed by atoms with van der Waals surface area (Å²) in [6, 6.07) is 0. The molecule has 0 amide bonds. The molecule has 1 unspecified atom stereocenters. The van der Waals surface area contributed by atoms with Gasteiger partial charge >= 0.3 is 0 Å². The van der Waals surface area contributed by atoms with Crippen LogP contribution in [-0.4, -0.2) is 29.5 Å². The minimum Gasteiger partial charge on any atom is -0.490 e. The fourth-order valence-electron chi connectivity index (χ4n) is 1.66. The van der Waals surface area contributed by atoms with E-state index in [0.29, 0.717) is 5.92 Å². The van der Waals surface area contributed by atoms with E-state index in [2.05, 4.69) is 17.3 Å². The average molecular weight is 195 g/mol. The van der Waals surface area contributed by atoms with Gasteiger partial charge in [-0.1, -0.05) is 0 Å². The topological polar surface area (TPSA) is 39.1 Å². The molecule has 0 bridgehead atoms. The van der Waals surface area contributed by atoms with Gasteiger partial charge in [0.1, 0.15) is 0 Å². The third-order valence-electron chi connectivity index (χ3n) is 2.58. The normalized spacial score (nSPS) is 21.4. The van der Waals surface area contributed by atoms with Crippen LogP contribution < -0.4 is 10.1 Å². The first-order chi connectivity index (χ1) is 6.88. The van der Waals surface area contributed by atoms with Gasteiger partial charge in [-0.15, -0.1) is 0 Å². The van der Waals surface area contributed by atoms with E-state index < -0.39 is 0 Å². The molecule has 1 fully saturated rings. The van der Waals surface area contributed by atoms with Crippen LogP contribution in [0.15, 0.2) is 12.4 Å². The summed E-state index contributed by atoms with van der Waals surface area (Å²) < 4.78 is 7.53. The van der Waals surface area contributed by atoms with Crippen molar-refractivity contribution in [2.45, 2.75) is 19.9 Å². The summed E-state index contributed by atoms with van der Waals surface area (Å²) in [7, 11) is 0. The van der Waals surface area contributed by atoms with E-state index in [9.17, 15) is 0 Å². The van der Waals surface area contributed by atoms with Crippen molar-refractivity contribution in [1.82, 2.24) is 15.1 Å². The van der Waals surface area contributed by atoms with Crippen molar-refractivity contribution in [3.05, 3.63) is 12.4 Å². The summed E-state index contributed by atoms with van der Waals surface area (Å²) in [6.45, 7) is 5.98. The molecule has 1 atom stereocenters. The Morgan fingerprint density at radius 2 is 2.64 bits per heavy atom. The third kappa shape index (κ3) is 2.26. The highest BCUT2D eigenvalue weighted by Crippen LogP contribution is 2.13. The maximum absolute atomic E-state index is 5.65. The van der Waals surface area contributed by atoms with Crippen molar-refractivity contribution < 1.29 is 4.74 Å². The summed E-state index contributed by atoms with van der Waals surface area (Å²) in [6.07, 6.45) is 4.95. The molecule has 4 heteroatoms. The quantitative estimate of drug-likeness (QED) is 0.775. The molecule has 2 rings (SSSR count). The SMILES string of the molecule is CCn1cc(OCC2CCNC2)cn1. The number of hydrogen-bond donors (Lipinski definition) is 1. The second-order valence-corrected chi connectivity index (χ2v) is 3.70. The molecule has 1 N–H and O–H groups in total. The predicted molar refractivity (Wildman–Crippen MR) is 54.4 cm³/mol. The van der Waals surface area contributed by atoms with Crippen molar-refractivity contribution in [1.29, 1.82) is 0 Å². The summed E-state index contributed by atoms with van der Waals surface area (Å²) in [4.78, 5) is 0. The number of rotatable bonds is 4. The van der Waals surface area contributed by atoms with Crippen LogP contribution in [0.3, 0.4) is 0 Å². The van der Waals surface area contributed by atoms with Gasteiger partial charge in [0.15, 0.2) is 5.75 Å². The van der Waals surface area contributed by atoms with E-state index in [1.165, 1.54) is 6.42 Å². The molecule has 1 saturated heterocycles. The standard InChI is InChI=1S/C10H17N3O/c1-2-13-7-10(6-12-13)14-8-9-3-4-11-5-9/h6-7,9,11H,2-5,8H2,1H3. The number of hydrogen-bond acceptors (Lipinski definition) is 3. The van der Waals surface area contributed by atoms with Crippen molar-refractivity contribution in [2.24, 2.45) is 5.92 Å². The van der Waals surface area contributed by atoms with Gasteiger partial charge < -0.3 is 10.1 Å². The first kappa shape index (κ1) is 9.52. The highest BCUT2D eigenvalue weighted by molar-refractivity contribution is 5.11. The van der Waals surface area contributed by atoms with Gasteiger partial charge in [-0.05, 0) is 19.9 Å². The molecule has 14 heavy (non-hydrogen) atoms. The Morgan fingerprint density at radius 1 is 1.71 bits per heavy atom. The van der Waals surface area contributed by atoms with Crippen molar-refractivity contribution >= 4 is 0 Å². The van der Waals surface area contributed by atoms with Gasteiger partial charge in [-0.3, -0.25) is 4.68 Å². The van der Waals surface area contributed by atoms with E-state index in [1.54, 1.807) is 6.20 Å². The molecule has 4 nitrogen and oxygen atoms in total. The Kier molecular flexibility index (Phi) is 3.03. The molecule has 0 saturated carbocycles. The second-order valence-electron chi connectivity index (χ2n) is 3.70. The van der Waals surface area contributed by atoms with Gasteiger partial charge in [0.2, 0.25) is 0 Å². The maximum atomic E-state index is 5.65. The molecule has 78 valence electrons. The summed E-state index contributed by atoms with van der Waals surface area (Å²) in [5, 5.41) is 7.48. The molecule has 1 aliphatic rings. The number of aromatic nitrogens is 2. The van der Waals surface area contributed by atoms with Gasteiger partial charge in [-0.2, -0.15) is 5.10 Å². The zero-order chi connectivity index (χ0) is 9.80. The van der Waals surface area contributed by atoms with Crippen molar-refractivity contribution in [3.8, 4) is 5.75 Å². The molecule has 1 aromatic rings. The van der Waals surface area contributed by atoms with E-state index >= 15 is 0 Å². The van der Waals surface area contributed by atoms with Crippen LogP contribution in [0.4, 0.5) is 0 Å². The van der Waals surface area contributed by atoms with Crippen LogP contribution in [0.2, 0.25) is 0 Å². The number of aryl methyl sites for hydroxylation is 1. The fraction of sp³-hybridized carbons (Fsp3) is 0.700. The zero-order valence-corrected chi connectivity index (χ0v) is 8.57. The van der Waals surface area contributed by atoms with Gasteiger partial charge in [0.05, 0.1) is 19.0 Å². The predicted octanol–water partition coefficient (Wildman–Crippen LogP) is 0.891. The molecule has 0 aromatic carbocycles. The van der Waals surface area contributed by atoms with Crippen LogP contribution >= 0.6 is 0 Å². The Balaban J connectivity index is 1.79. The van der Waals surface area contributed by atoms with E-state index in [1.807, 2.05) is 10.9 Å². The highest BCUT2D eigenvalue weighted by atomic mass is 16.5. The average Bonchev–Trinajstić information content (AvgIpc) is 2.86. The minimum atomic E-state index is 0.667. The van der Waals surface area contributed by atoms with Crippen LogP contribution in [0, 0.1) is 5.92 Å². The summed E-state index contributed by atoms with van der Waals surface area (Å²) >= 11 is 0. The second kappa shape index (κ2) is 4.46. The molecular weight excluding hydrogens is 178 g/mol. The van der Waals surface area contributed by atoms with E-state index in [-0.39, 0.29) is 0 Å². The number of nitrogens with one attached hydrogen (secondary N) is 1. The highest BCUT2D eigenvalue weighted by Gasteiger charge is 2.14. The minimum absolute atomic E-state index is 0.667. The molecule has 1 aliphatic heterocycles. The maximum Gasteiger partial charge on any atom is 0.157 e. The van der Waals surface area contributed by atoms with Crippen LogP contribution in [0.1, 0.15) is 13.3 Å². The smallest absolute Gasteiger partial charge is 0.157 e. The third-order valence-corrected chi connectivity index (χ3v) is 2.58. The number of ether oxygens (including phenoxy) is 1. The molecule has 2 heterocycles. The monoisotopic (exact) mass is 195 g/mol. The molecule has 0 spiro atoms. The van der Waals surface area contributed by atoms with Crippen LogP contribution in [-0.2, 0) is 6.54 Å². The van der Waals surface area contributed by atoms with E-state index in [4.69, 9.17) is 4.74 Å². The Labute approximate surface area is 84.3 Å². The number of nitrogens with zero attached hydrogens (tertiary/aromatic N) is 2. The van der Waals surface area contributed by atoms with Crippen molar-refractivity contribution in [3.63, 3.8) is 0 Å². The lowest BCUT2D eigenvalue weighted by Crippen LogP contribution is -2.15. The first-order valence-corrected chi connectivity index (χ1v) is 5.24. The molecule has 0 aliphatic carbocycles.